The number of aliphatic imine (C=N–C) groups is 1. The van der Waals surface area contributed by atoms with Crippen molar-refractivity contribution < 1.29 is 14.3 Å². The Morgan fingerprint density at radius 3 is 2.65 bits per heavy atom. The van der Waals surface area contributed by atoms with Gasteiger partial charge in [0.2, 0.25) is 11.8 Å². The number of hydrogen-bond acceptors (Lipinski definition) is 5. The van der Waals surface area contributed by atoms with Gasteiger partial charge in [0.25, 0.3) is 0 Å². The predicted octanol–water partition coefficient (Wildman–Crippen LogP) is 6.67. The first-order chi connectivity index (χ1) is 16.5. The van der Waals surface area contributed by atoms with Gasteiger partial charge in [-0.3, -0.25) is 14.5 Å². The van der Waals surface area contributed by atoms with Crippen LogP contribution < -0.4 is 10.1 Å². The van der Waals surface area contributed by atoms with E-state index < -0.39 is 5.25 Å². The molecule has 0 spiro atoms. The van der Waals surface area contributed by atoms with Crippen LogP contribution in [0.1, 0.15) is 52.4 Å². The number of carbonyl (C=O) groups excluding carboxylic acids is 2. The summed E-state index contributed by atoms with van der Waals surface area (Å²) in [5, 5.41) is 3.53. The SMILES string of the molecule is CCCCCCCN1C(=O)CC(C(=O)Nc2cccc(OCC)c2)SC1=Nc1ccc(Cl)cc1. The van der Waals surface area contributed by atoms with Crippen molar-refractivity contribution >= 4 is 51.7 Å². The highest BCUT2D eigenvalue weighted by atomic mass is 35.5. The lowest BCUT2D eigenvalue weighted by Gasteiger charge is -2.32. The quantitative estimate of drug-likeness (QED) is 0.349. The number of nitrogens with zero attached hydrogens (tertiary/aromatic N) is 2. The van der Waals surface area contributed by atoms with Gasteiger partial charge in [-0.15, -0.1) is 0 Å². The Kier molecular flexibility index (Phi) is 10.3. The molecule has 0 radical (unpaired) electrons. The van der Waals surface area contributed by atoms with E-state index in [1.54, 1.807) is 29.2 Å². The highest BCUT2D eigenvalue weighted by Gasteiger charge is 2.35. The third-order valence-corrected chi connectivity index (χ3v) is 6.82. The summed E-state index contributed by atoms with van der Waals surface area (Å²) >= 11 is 7.34. The van der Waals surface area contributed by atoms with Crippen LogP contribution in [0.15, 0.2) is 53.5 Å². The summed E-state index contributed by atoms with van der Waals surface area (Å²) in [7, 11) is 0. The van der Waals surface area contributed by atoms with Crippen LogP contribution in [0.3, 0.4) is 0 Å². The Balaban J connectivity index is 1.74. The first-order valence-electron chi connectivity index (χ1n) is 11.8. The fraction of sp³-hybridized carbons (Fsp3) is 0.423. The molecule has 1 unspecified atom stereocenters. The molecule has 2 aromatic rings. The zero-order valence-corrected chi connectivity index (χ0v) is 21.3. The topological polar surface area (TPSA) is 71.0 Å². The average molecular weight is 502 g/mol. The molecule has 1 fully saturated rings. The van der Waals surface area contributed by atoms with Gasteiger partial charge in [-0.25, -0.2) is 4.99 Å². The van der Waals surface area contributed by atoms with E-state index in [1.807, 2.05) is 31.2 Å². The highest BCUT2D eigenvalue weighted by molar-refractivity contribution is 8.15. The summed E-state index contributed by atoms with van der Waals surface area (Å²) in [6.07, 6.45) is 5.63. The molecule has 1 N–H and O–H groups in total. The highest BCUT2D eigenvalue weighted by Crippen LogP contribution is 2.31. The van der Waals surface area contributed by atoms with Crippen LogP contribution in [0.5, 0.6) is 5.75 Å². The fourth-order valence-corrected chi connectivity index (χ4v) is 4.86. The minimum Gasteiger partial charge on any atom is -0.494 e. The molecule has 2 amide bonds. The van der Waals surface area contributed by atoms with E-state index in [0.717, 1.165) is 19.3 Å². The second-order valence-corrected chi connectivity index (χ2v) is 9.70. The molecule has 2 aromatic carbocycles. The van der Waals surface area contributed by atoms with Crippen LogP contribution in [-0.4, -0.2) is 40.3 Å². The van der Waals surface area contributed by atoms with Crippen LogP contribution in [0, 0.1) is 0 Å². The Morgan fingerprint density at radius 2 is 1.91 bits per heavy atom. The summed E-state index contributed by atoms with van der Waals surface area (Å²) < 4.78 is 5.51. The van der Waals surface area contributed by atoms with Gasteiger partial charge < -0.3 is 10.1 Å². The van der Waals surface area contributed by atoms with Crippen molar-refractivity contribution in [3.8, 4) is 5.75 Å². The van der Waals surface area contributed by atoms with Gasteiger partial charge in [0.05, 0.1) is 12.3 Å². The average Bonchev–Trinajstić information content (AvgIpc) is 2.82. The van der Waals surface area contributed by atoms with E-state index in [1.165, 1.54) is 24.6 Å². The smallest absolute Gasteiger partial charge is 0.238 e. The largest absolute Gasteiger partial charge is 0.494 e. The van der Waals surface area contributed by atoms with Gasteiger partial charge in [0.15, 0.2) is 5.17 Å². The third-order valence-electron chi connectivity index (χ3n) is 5.38. The normalized spacial score (nSPS) is 17.1. The van der Waals surface area contributed by atoms with Gasteiger partial charge in [-0.1, -0.05) is 62.0 Å². The summed E-state index contributed by atoms with van der Waals surface area (Å²) in [5.74, 6) is 0.385. The summed E-state index contributed by atoms with van der Waals surface area (Å²) in [5.41, 5.74) is 1.33. The first kappa shape index (κ1) is 26.1. The molecule has 34 heavy (non-hydrogen) atoms. The van der Waals surface area contributed by atoms with E-state index in [4.69, 9.17) is 21.3 Å². The molecule has 0 aromatic heterocycles. The number of rotatable bonds is 11. The Morgan fingerprint density at radius 1 is 1.15 bits per heavy atom. The van der Waals surface area contributed by atoms with Crippen molar-refractivity contribution in [1.82, 2.24) is 4.90 Å². The van der Waals surface area contributed by atoms with Crippen LogP contribution in [-0.2, 0) is 9.59 Å². The molecule has 1 heterocycles. The summed E-state index contributed by atoms with van der Waals surface area (Å²) in [6.45, 7) is 5.24. The van der Waals surface area contributed by atoms with Crippen molar-refractivity contribution in [2.75, 3.05) is 18.5 Å². The van der Waals surface area contributed by atoms with Crippen molar-refractivity contribution in [1.29, 1.82) is 0 Å². The number of carbonyl (C=O) groups is 2. The second kappa shape index (κ2) is 13.4. The van der Waals surface area contributed by atoms with Crippen LogP contribution in [0.2, 0.25) is 5.02 Å². The number of hydrogen-bond donors (Lipinski definition) is 1. The molecule has 1 saturated heterocycles. The zero-order valence-electron chi connectivity index (χ0n) is 19.8. The van der Waals surface area contributed by atoms with Gasteiger partial charge in [0.1, 0.15) is 11.0 Å². The molecule has 0 bridgehead atoms. The van der Waals surface area contributed by atoms with Gasteiger partial charge in [-0.05, 0) is 49.7 Å². The van der Waals surface area contributed by atoms with E-state index in [0.29, 0.717) is 40.5 Å². The number of amides is 2. The molecule has 3 rings (SSSR count). The first-order valence-corrected chi connectivity index (χ1v) is 13.1. The molecular formula is C26H32ClN3O3S. The predicted molar refractivity (Wildman–Crippen MR) is 141 cm³/mol. The third kappa shape index (κ3) is 7.77. The molecule has 1 aliphatic rings. The van der Waals surface area contributed by atoms with E-state index in [-0.39, 0.29) is 18.2 Å². The molecule has 1 atom stereocenters. The number of benzene rings is 2. The van der Waals surface area contributed by atoms with E-state index >= 15 is 0 Å². The number of thioether (sulfide) groups is 1. The van der Waals surface area contributed by atoms with E-state index in [9.17, 15) is 9.59 Å². The van der Waals surface area contributed by atoms with Crippen LogP contribution in [0.4, 0.5) is 11.4 Å². The standard InChI is InChI=1S/C26H32ClN3O3S/c1-3-5-6-7-8-16-30-24(31)18-23(34-26(30)29-20-14-12-19(27)13-15-20)25(32)28-21-10-9-11-22(17-21)33-4-2/h9-15,17,23H,3-8,16,18H2,1-2H3,(H,28,32). The minimum absolute atomic E-state index is 0.0785. The number of nitrogens with one attached hydrogen (secondary N) is 1. The molecule has 0 saturated carbocycles. The lowest BCUT2D eigenvalue weighted by Crippen LogP contribution is -2.45. The van der Waals surface area contributed by atoms with Crippen molar-refractivity contribution in [3.05, 3.63) is 53.6 Å². The maximum absolute atomic E-state index is 13.1. The Bertz CT molecular complexity index is 997. The van der Waals surface area contributed by atoms with Gasteiger partial charge >= 0.3 is 0 Å². The monoisotopic (exact) mass is 501 g/mol. The van der Waals surface area contributed by atoms with Crippen LogP contribution in [0.25, 0.3) is 0 Å². The number of amidine groups is 1. The number of halogens is 1. The molecule has 0 aliphatic carbocycles. The minimum atomic E-state index is -0.564. The maximum atomic E-state index is 13.1. The second-order valence-electron chi connectivity index (χ2n) is 8.09. The van der Waals surface area contributed by atoms with E-state index in [2.05, 4.69) is 12.2 Å². The van der Waals surface area contributed by atoms with Gasteiger partial charge in [-0.2, -0.15) is 0 Å². The number of unbranched alkanes of at least 4 members (excludes halogenated alkanes) is 4. The molecule has 8 heteroatoms. The molecular weight excluding hydrogens is 470 g/mol. The summed E-state index contributed by atoms with van der Waals surface area (Å²) in [4.78, 5) is 32.6. The lowest BCUT2D eigenvalue weighted by atomic mass is 10.1. The molecule has 6 nitrogen and oxygen atoms in total. The fourth-order valence-electron chi connectivity index (χ4n) is 3.61. The van der Waals surface area contributed by atoms with Crippen LogP contribution >= 0.6 is 23.4 Å². The Labute approximate surface area is 211 Å². The number of anilines is 1. The van der Waals surface area contributed by atoms with Crippen molar-refractivity contribution in [2.24, 2.45) is 4.99 Å². The molecule has 182 valence electrons. The van der Waals surface area contributed by atoms with Crippen molar-refractivity contribution in [2.45, 2.75) is 57.6 Å². The zero-order chi connectivity index (χ0) is 24.3. The molecule has 1 aliphatic heterocycles. The Hall–Kier alpha value is -2.51. The maximum Gasteiger partial charge on any atom is 0.238 e. The number of ether oxygens (including phenoxy) is 1. The van der Waals surface area contributed by atoms with Gasteiger partial charge in [0, 0.05) is 29.7 Å². The van der Waals surface area contributed by atoms with Crippen molar-refractivity contribution in [3.63, 3.8) is 0 Å². The lowest BCUT2D eigenvalue weighted by molar-refractivity contribution is -0.129. The summed E-state index contributed by atoms with van der Waals surface area (Å²) in [6, 6.07) is 14.4.